The van der Waals surface area contributed by atoms with E-state index < -0.39 is 17.9 Å². The molecule has 0 fully saturated rings. The largest absolute Gasteiger partial charge is 0.491 e. The Morgan fingerprint density at radius 2 is 2.00 bits per heavy atom. The molecular weight excluding hydrogens is 300 g/mol. The second-order valence-electron chi connectivity index (χ2n) is 5.36. The van der Waals surface area contributed by atoms with Crippen LogP contribution in [0.5, 0.6) is 5.75 Å². The number of β-amino-alcohol motifs (C(OH)–C–C–N with tert-alkyl or cyclic N) is 1. The number of imide groups is 1. The maximum absolute atomic E-state index is 12.1. The number of hydrogen-bond donors (Lipinski definition) is 3. The predicted molar refractivity (Wildman–Crippen MR) is 83.6 cm³/mol. The van der Waals surface area contributed by atoms with Crippen molar-refractivity contribution in [3.05, 3.63) is 29.3 Å². The molecule has 2 rings (SSSR count). The summed E-state index contributed by atoms with van der Waals surface area (Å²) in [6.45, 7) is 3.10. The van der Waals surface area contributed by atoms with Crippen LogP contribution in [0.4, 0.5) is 0 Å². The number of carbonyl (C=O) groups is 2. The topological polar surface area (TPSA) is 99.1 Å². The van der Waals surface area contributed by atoms with Gasteiger partial charge in [0, 0.05) is 6.54 Å². The average molecular weight is 322 g/mol. The lowest BCUT2D eigenvalue weighted by Gasteiger charge is -2.13. The van der Waals surface area contributed by atoms with Crippen LogP contribution in [-0.4, -0.2) is 65.9 Å². The summed E-state index contributed by atoms with van der Waals surface area (Å²) in [5, 5.41) is 21.8. The van der Waals surface area contributed by atoms with E-state index in [2.05, 4.69) is 5.32 Å². The molecule has 2 amide bonds. The van der Waals surface area contributed by atoms with Crippen LogP contribution in [0.2, 0.25) is 0 Å². The fraction of sp³-hybridized carbons (Fsp3) is 0.500. The minimum atomic E-state index is -0.655. The van der Waals surface area contributed by atoms with E-state index in [9.17, 15) is 14.7 Å². The number of carbonyl (C=O) groups excluding carboxylic acids is 2. The highest BCUT2D eigenvalue weighted by molar-refractivity contribution is 6.21. The molecule has 1 atom stereocenters. The molecule has 0 bridgehead atoms. The molecule has 7 heteroatoms. The maximum atomic E-state index is 12.1. The van der Waals surface area contributed by atoms with Gasteiger partial charge in [0.05, 0.1) is 24.3 Å². The molecule has 7 nitrogen and oxygen atoms in total. The van der Waals surface area contributed by atoms with Crippen LogP contribution >= 0.6 is 0 Å². The molecule has 1 aliphatic rings. The van der Waals surface area contributed by atoms with Crippen LogP contribution in [0.15, 0.2) is 18.2 Å². The summed E-state index contributed by atoms with van der Waals surface area (Å²) in [6, 6.07) is 4.63. The molecule has 1 heterocycles. The molecule has 0 saturated heterocycles. The highest BCUT2D eigenvalue weighted by atomic mass is 16.5. The zero-order valence-electron chi connectivity index (χ0n) is 13.1. The number of rotatable bonds is 9. The van der Waals surface area contributed by atoms with Crippen molar-refractivity contribution in [1.29, 1.82) is 0 Å². The van der Waals surface area contributed by atoms with E-state index in [1.165, 1.54) is 12.1 Å². The Labute approximate surface area is 134 Å². The first kappa shape index (κ1) is 17.4. The van der Waals surface area contributed by atoms with Crippen molar-refractivity contribution in [3.8, 4) is 5.75 Å². The monoisotopic (exact) mass is 322 g/mol. The van der Waals surface area contributed by atoms with E-state index in [1.807, 2.05) is 6.92 Å². The zero-order chi connectivity index (χ0) is 16.8. The van der Waals surface area contributed by atoms with Gasteiger partial charge >= 0.3 is 0 Å². The van der Waals surface area contributed by atoms with Gasteiger partial charge in [-0.2, -0.15) is 0 Å². The van der Waals surface area contributed by atoms with Crippen LogP contribution < -0.4 is 10.1 Å². The van der Waals surface area contributed by atoms with Crippen molar-refractivity contribution < 1.29 is 24.5 Å². The number of hydrogen-bond acceptors (Lipinski definition) is 6. The average Bonchev–Trinajstić information content (AvgIpc) is 2.78. The molecule has 0 radical (unpaired) electrons. The van der Waals surface area contributed by atoms with Gasteiger partial charge in [0.1, 0.15) is 18.5 Å². The second kappa shape index (κ2) is 8.05. The second-order valence-corrected chi connectivity index (χ2v) is 5.36. The Kier molecular flexibility index (Phi) is 6.09. The van der Waals surface area contributed by atoms with E-state index in [0.29, 0.717) is 17.9 Å². The molecule has 1 aromatic carbocycles. The molecule has 0 aliphatic carbocycles. The number of aliphatic hydroxyl groups excluding tert-OH is 2. The minimum Gasteiger partial charge on any atom is -0.491 e. The SMILES string of the molecule is CCCNCC(O)COc1ccc2c(c1)C(=O)N(CCO)C2=O. The molecule has 0 spiro atoms. The van der Waals surface area contributed by atoms with Crippen LogP contribution in [-0.2, 0) is 0 Å². The lowest BCUT2D eigenvalue weighted by molar-refractivity contribution is 0.0624. The smallest absolute Gasteiger partial charge is 0.261 e. The number of benzene rings is 1. The molecule has 1 aromatic rings. The fourth-order valence-corrected chi connectivity index (χ4v) is 2.36. The Bertz CT molecular complexity index is 576. The first-order chi connectivity index (χ1) is 11.1. The van der Waals surface area contributed by atoms with E-state index in [-0.39, 0.29) is 25.3 Å². The number of fused-ring (bicyclic) bond motifs is 1. The highest BCUT2D eigenvalue weighted by Crippen LogP contribution is 2.26. The minimum absolute atomic E-state index is 0.0235. The third-order valence-electron chi connectivity index (χ3n) is 3.51. The van der Waals surface area contributed by atoms with Gasteiger partial charge in [0.15, 0.2) is 0 Å². The van der Waals surface area contributed by atoms with Gasteiger partial charge < -0.3 is 20.3 Å². The van der Waals surface area contributed by atoms with Crippen molar-refractivity contribution >= 4 is 11.8 Å². The van der Waals surface area contributed by atoms with E-state index >= 15 is 0 Å². The zero-order valence-corrected chi connectivity index (χ0v) is 13.1. The van der Waals surface area contributed by atoms with Gasteiger partial charge in [-0.3, -0.25) is 14.5 Å². The van der Waals surface area contributed by atoms with Crippen LogP contribution in [0.1, 0.15) is 34.1 Å². The highest BCUT2D eigenvalue weighted by Gasteiger charge is 2.35. The van der Waals surface area contributed by atoms with E-state index in [4.69, 9.17) is 9.84 Å². The lowest BCUT2D eigenvalue weighted by Crippen LogP contribution is -2.32. The molecule has 1 aliphatic heterocycles. The summed E-state index contributed by atoms with van der Waals surface area (Å²) in [7, 11) is 0. The molecule has 1 unspecified atom stereocenters. The molecule has 0 saturated carbocycles. The molecular formula is C16H22N2O5. The summed E-state index contributed by atoms with van der Waals surface area (Å²) in [5.74, 6) is -0.422. The number of nitrogens with zero attached hydrogens (tertiary/aromatic N) is 1. The predicted octanol–water partition coefficient (Wildman–Crippen LogP) is 0.0142. The number of nitrogens with one attached hydrogen (secondary N) is 1. The Morgan fingerprint density at radius 1 is 1.26 bits per heavy atom. The summed E-state index contributed by atoms with van der Waals surface area (Å²) in [5.41, 5.74) is 0.570. The summed E-state index contributed by atoms with van der Waals surface area (Å²) >= 11 is 0. The van der Waals surface area contributed by atoms with Crippen LogP contribution in [0, 0.1) is 0 Å². The quantitative estimate of drug-likeness (QED) is 0.438. The van der Waals surface area contributed by atoms with Crippen molar-refractivity contribution in [1.82, 2.24) is 10.2 Å². The van der Waals surface area contributed by atoms with Gasteiger partial charge in [0.2, 0.25) is 0 Å². The molecule has 0 aromatic heterocycles. The fourth-order valence-electron chi connectivity index (χ4n) is 2.36. The van der Waals surface area contributed by atoms with Crippen molar-refractivity contribution in [2.75, 3.05) is 32.8 Å². The van der Waals surface area contributed by atoms with Gasteiger partial charge in [-0.15, -0.1) is 0 Å². The van der Waals surface area contributed by atoms with Gasteiger partial charge in [-0.05, 0) is 31.2 Å². The number of aliphatic hydroxyl groups is 2. The normalized spacial score (nSPS) is 15.0. The Hall–Kier alpha value is -1.96. The van der Waals surface area contributed by atoms with Crippen molar-refractivity contribution in [3.63, 3.8) is 0 Å². The summed E-state index contributed by atoms with van der Waals surface area (Å²) < 4.78 is 5.48. The standard InChI is InChI=1S/C16H22N2O5/c1-2-5-17-9-11(20)10-23-12-3-4-13-14(8-12)16(22)18(6-7-19)15(13)21/h3-4,8,11,17,19-20H,2,5-7,9-10H2,1H3. The first-order valence-corrected chi connectivity index (χ1v) is 7.71. The Balaban J connectivity index is 1.97. The van der Waals surface area contributed by atoms with Crippen LogP contribution in [0.25, 0.3) is 0 Å². The van der Waals surface area contributed by atoms with E-state index in [1.54, 1.807) is 6.07 Å². The van der Waals surface area contributed by atoms with Crippen molar-refractivity contribution in [2.24, 2.45) is 0 Å². The first-order valence-electron chi connectivity index (χ1n) is 7.71. The third kappa shape index (κ3) is 4.07. The van der Waals surface area contributed by atoms with Gasteiger partial charge in [-0.1, -0.05) is 6.92 Å². The van der Waals surface area contributed by atoms with Crippen LogP contribution in [0.3, 0.4) is 0 Å². The van der Waals surface area contributed by atoms with Gasteiger partial charge in [-0.25, -0.2) is 0 Å². The summed E-state index contributed by atoms with van der Waals surface area (Å²) in [6.07, 6.45) is 0.330. The van der Waals surface area contributed by atoms with E-state index in [0.717, 1.165) is 17.9 Å². The van der Waals surface area contributed by atoms with Crippen molar-refractivity contribution in [2.45, 2.75) is 19.4 Å². The Morgan fingerprint density at radius 3 is 2.70 bits per heavy atom. The lowest BCUT2D eigenvalue weighted by atomic mass is 10.1. The molecule has 3 N–H and O–H groups in total. The number of ether oxygens (including phenoxy) is 1. The maximum Gasteiger partial charge on any atom is 0.261 e. The number of amides is 2. The van der Waals surface area contributed by atoms with Gasteiger partial charge in [0.25, 0.3) is 11.8 Å². The molecule has 23 heavy (non-hydrogen) atoms. The molecule has 126 valence electrons. The summed E-state index contributed by atoms with van der Waals surface area (Å²) in [4.78, 5) is 25.2. The third-order valence-corrected chi connectivity index (χ3v) is 3.51.